The molecule has 0 aliphatic carbocycles. The molecule has 0 bridgehead atoms. The number of anilines is 1. The number of aliphatic hydroxyl groups excluding tert-OH is 1. The van der Waals surface area contributed by atoms with Gasteiger partial charge >= 0.3 is 0 Å². The first kappa shape index (κ1) is 16.5. The van der Waals surface area contributed by atoms with Gasteiger partial charge in [0.25, 0.3) is 5.91 Å². The van der Waals surface area contributed by atoms with Crippen LogP contribution in [0.3, 0.4) is 0 Å². The fourth-order valence-electron chi connectivity index (χ4n) is 1.89. The summed E-state index contributed by atoms with van der Waals surface area (Å²) < 4.78 is 5.12. The van der Waals surface area contributed by atoms with Crippen LogP contribution in [0, 0.1) is 0 Å². The molecule has 6 nitrogen and oxygen atoms in total. The molecule has 0 saturated heterocycles. The number of rotatable bonds is 7. The van der Waals surface area contributed by atoms with E-state index in [1.165, 1.54) is 0 Å². The Hall–Kier alpha value is -2.86. The predicted molar refractivity (Wildman–Crippen MR) is 90.1 cm³/mol. The third-order valence-corrected chi connectivity index (χ3v) is 3.06. The summed E-state index contributed by atoms with van der Waals surface area (Å²) in [6, 6.07) is 14.3. The SMILES string of the molecule is COc1cccc(C=NNC(=O)c2ccc(NCCO)cc2)c1. The standard InChI is InChI=1S/C17H19N3O3/c1-23-16-4-2-3-13(11-16)12-19-20-17(22)14-5-7-15(8-6-14)18-9-10-21/h2-8,11-12,18,21H,9-10H2,1H3,(H,20,22). The van der Waals surface area contributed by atoms with E-state index in [9.17, 15) is 4.79 Å². The molecule has 2 rings (SSSR count). The summed E-state index contributed by atoms with van der Waals surface area (Å²) >= 11 is 0. The number of methoxy groups -OCH3 is 1. The molecule has 2 aromatic carbocycles. The molecule has 0 aromatic heterocycles. The number of benzene rings is 2. The van der Waals surface area contributed by atoms with Crippen LogP contribution in [-0.4, -0.2) is 37.5 Å². The van der Waals surface area contributed by atoms with E-state index >= 15 is 0 Å². The normalized spacial score (nSPS) is 10.5. The Morgan fingerprint density at radius 1 is 1.26 bits per heavy atom. The highest BCUT2D eigenvalue weighted by Gasteiger charge is 2.03. The molecule has 0 heterocycles. The number of hydrogen-bond donors (Lipinski definition) is 3. The Morgan fingerprint density at radius 3 is 2.74 bits per heavy atom. The van der Waals surface area contributed by atoms with Crippen LogP contribution >= 0.6 is 0 Å². The lowest BCUT2D eigenvalue weighted by atomic mass is 10.2. The summed E-state index contributed by atoms with van der Waals surface area (Å²) in [6.07, 6.45) is 1.55. The molecule has 0 spiro atoms. The van der Waals surface area contributed by atoms with E-state index in [1.54, 1.807) is 37.6 Å². The highest BCUT2D eigenvalue weighted by molar-refractivity contribution is 5.95. The maximum absolute atomic E-state index is 12.0. The third kappa shape index (κ3) is 5.12. The molecule has 23 heavy (non-hydrogen) atoms. The van der Waals surface area contributed by atoms with Crippen LogP contribution in [0.5, 0.6) is 5.75 Å². The number of nitrogens with zero attached hydrogens (tertiary/aromatic N) is 1. The minimum Gasteiger partial charge on any atom is -0.497 e. The summed E-state index contributed by atoms with van der Waals surface area (Å²) in [5.41, 5.74) is 4.65. The number of hydrogen-bond acceptors (Lipinski definition) is 5. The van der Waals surface area contributed by atoms with Gasteiger partial charge in [-0.05, 0) is 42.0 Å². The van der Waals surface area contributed by atoms with Crippen molar-refractivity contribution in [3.63, 3.8) is 0 Å². The predicted octanol–water partition coefficient (Wildman–Crippen LogP) is 1.86. The molecule has 1 amide bonds. The van der Waals surface area contributed by atoms with Gasteiger partial charge in [-0.2, -0.15) is 5.10 Å². The number of ether oxygens (including phenoxy) is 1. The van der Waals surface area contributed by atoms with Crippen LogP contribution in [0.4, 0.5) is 5.69 Å². The molecule has 0 aliphatic rings. The third-order valence-electron chi connectivity index (χ3n) is 3.06. The van der Waals surface area contributed by atoms with Crippen molar-refractivity contribution < 1.29 is 14.6 Å². The molecule has 0 saturated carbocycles. The smallest absolute Gasteiger partial charge is 0.271 e. The van der Waals surface area contributed by atoms with Crippen LogP contribution in [0.1, 0.15) is 15.9 Å². The number of amides is 1. The first-order valence-corrected chi connectivity index (χ1v) is 7.15. The minimum atomic E-state index is -0.294. The number of carbonyl (C=O) groups excluding carboxylic acids is 1. The van der Waals surface area contributed by atoms with Gasteiger partial charge in [-0.15, -0.1) is 0 Å². The van der Waals surface area contributed by atoms with Crippen molar-refractivity contribution in [3.8, 4) is 5.75 Å². The largest absolute Gasteiger partial charge is 0.497 e. The minimum absolute atomic E-state index is 0.0568. The van der Waals surface area contributed by atoms with Gasteiger partial charge in [0.2, 0.25) is 0 Å². The second-order valence-corrected chi connectivity index (χ2v) is 4.70. The van der Waals surface area contributed by atoms with Gasteiger partial charge < -0.3 is 15.2 Å². The van der Waals surface area contributed by atoms with Crippen molar-refractivity contribution in [2.45, 2.75) is 0 Å². The molecular weight excluding hydrogens is 294 g/mol. The number of hydrazone groups is 1. The Balaban J connectivity index is 1.92. The quantitative estimate of drug-likeness (QED) is 0.538. The molecule has 0 aliphatic heterocycles. The van der Waals surface area contributed by atoms with Crippen molar-refractivity contribution in [1.29, 1.82) is 0 Å². The Labute approximate surface area is 134 Å². The van der Waals surface area contributed by atoms with E-state index in [2.05, 4.69) is 15.8 Å². The van der Waals surface area contributed by atoms with Crippen molar-refractivity contribution in [3.05, 3.63) is 59.7 Å². The van der Waals surface area contributed by atoms with E-state index in [-0.39, 0.29) is 12.5 Å². The monoisotopic (exact) mass is 313 g/mol. The highest BCUT2D eigenvalue weighted by Crippen LogP contribution is 2.11. The summed E-state index contributed by atoms with van der Waals surface area (Å²) in [7, 11) is 1.59. The van der Waals surface area contributed by atoms with Crippen molar-refractivity contribution in [1.82, 2.24) is 5.43 Å². The van der Waals surface area contributed by atoms with Crippen LogP contribution in [0.15, 0.2) is 53.6 Å². The molecule has 0 atom stereocenters. The van der Waals surface area contributed by atoms with Gasteiger partial charge in [0.15, 0.2) is 0 Å². The zero-order valence-corrected chi connectivity index (χ0v) is 12.8. The number of carbonyl (C=O) groups is 1. The van der Waals surface area contributed by atoms with Crippen LogP contribution in [0.25, 0.3) is 0 Å². The van der Waals surface area contributed by atoms with E-state index in [0.29, 0.717) is 12.1 Å². The fraction of sp³-hybridized carbons (Fsp3) is 0.176. The molecule has 0 fully saturated rings. The Bertz CT molecular complexity index is 669. The topological polar surface area (TPSA) is 83.0 Å². The van der Waals surface area contributed by atoms with Crippen molar-refractivity contribution >= 4 is 17.8 Å². The first-order chi connectivity index (χ1) is 11.2. The molecule has 2 aromatic rings. The Morgan fingerprint density at radius 2 is 2.04 bits per heavy atom. The van der Waals surface area contributed by atoms with Gasteiger partial charge in [-0.25, -0.2) is 5.43 Å². The maximum Gasteiger partial charge on any atom is 0.271 e. The summed E-state index contributed by atoms with van der Waals surface area (Å²) in [5.74, 6) is 0.434. The van der Waals surface area contributed by atoms with E-state index in [4.69, 9.17) is 9.84 Å². The lowest BCUT2D eigenvalue weighted by molar-refractivity contribution is 0.0955. The summed E-state index contributed by atoms with van der Waals surface area (Å²) in [6.45, 7) is 0.525. The second-order valence-electron chi connectivity index (χ2n) is 4.70. The Kier molecular flexibility index (Phi) is 6.14. The highest BCUT2D eigenvalue weighted by atomic mass is 16.5. The molecule has 120 valence electrons. The zero-order chi connectivity index (χ0) is 16.5. The molecule has 0 radical (unpaired) electrons. The number of aliphatic hydroxyl groups is 1. The van der Waals surface area contributed by atoms with Crippen LogP contribution in [0.2, 0.25) is 0 Å². The maximum atomic E-state index is 12.0. The van der Waals surface area contributed by atoms with E-state index in [1.807, 2.05) is 24.3 Å². The van der Waals surface area contributed by atoms with E-state index in [0.717, 1.165) is 17.0 Å². The summed E-state index contributed by atoms with van der Waals surface area (Å²) in [4.78, 5) is 12.0. The van der Waals surface area contributed by atoms with Crippen LogP contribution < -0.4 is 15.5 Å². The van der Waals surface area contributed by atoms with Gasteiger partial charge in [0, 0.05) is 17.8 Å². The van der Waals surface area contributed by atoms with Gasteiger partial charge in [-0.1, -0.05) is 12.1 Å². The van der Waals surface area contributed by atoms with Crippen molar-refractivity contribution in [2.75, 3.05) is 25.6 Å². The van der Waals surface area contributed by atoms with Gasteiger partial charge in [0.05, 0.1) is 19.9 Å². The molecular formula is C17H19N3O3. The van der Waals surface area contributed by atoms with Gasteiger partial charge in [0.1, 0.15) is 5.75 Å². The average molecular weight is 313 g/mol. The van der Waals surface area contributed by atoms with E-state index < -0.39 is 0 Å². The zero-order valence-electron chi connectivity index (χ0n) is 12.8. The fourth-order valence-corrected chi connectivity index (χ4v) is 1.89. The first-order valence-electron chi connectivity index (χ1n) is 7.15. The second kappa shape index (κ2) is 8.55. The average Bonchev–Trinajstić information content (AvgIpc) is 2.60. The van der Waals surface area contributed by atoms with Crippen LogP contribution in [-0.2, 0) is 0 Å². The summed E-state index contributed by atoms with van der Waals surface area (Å²) in [5, 5.41) is 15.7. The molecule has 0 unspecified atom stereocenters. The van der Waals surface area contributed by atoms with Crippen molar-refractivity contribution in [2.24, 2.45) is 5.10 Å². The van der Waals surface area contributed by atoms with Gasteiger partial charge in [-0.3, -0.25) is 4.79 Å². The number of nitrogens with one attached hydrogen (secondary N) is 2. The lowest BCUT2D eigenvalue weighted by Crippen LogP contribution is -2.17. The lowest BCUT2D eigenvalue weighted by Gasteiger charge is -2.05. The molecule has 3 N–H and O–H groups in total. The molecule has 6 heteroatoms.